The van der Waals surface area contributed by atoms with Crippen LogP contribution >= 0.6 is 11.6 Å². The lowest BCUT2D eigenvalue weighted by Gasteiger charge is -2.17. The highest BCUT2D eigenvalue weighted by Gasteiger charge is 2.40. The van der Waals surface area contributed by atoms with Crippen LogP contribution in [-0.2, 0) is 12.6 Å². The van der Waals surface area contributed by atoms with Crippen molar-refractivity contribution in [3.8, 4) is 17.3 Å². The predicted octanol–water partition coefficient (Wildman–Crippen LogP) is 5.51. The lowest BCUT2D eigenvalue weighted by atomic mass is 10.00. The zero-order valence-corrected chi connectivity index (χ0v) is 19.4. The molecule has 11 heteroatoms. The van der Waals surface area contributed by atoms with Crippen LogP contribution in [-0.4, -0.2) is 27.9 Å². The lowest BCUT2D eigenvalue weighted by Crippen LogP contribution is -2.11. The molecule has 0 radical (unpaired) electrons. The van der Waals surface area contributed by atoms with Crippen molar-refractivity contribution in [1.29, 1.82) is 5.26 Å². The van der Waals surface area contributed by atoms with Crippen molar-refractivity contribution in [3.05, 3.63) is 40.4 Å². The second-order valence-corrected chi connectivity index (χ2v) is 9.71. The smallest absolute Gasteiger partial charge is 0.399 e. The van der Waals surface area contributed by atoms with Crippen LogP contribution in [0.5, 0.6) is 0 Å². The molecule has 3 N–H and O–H groups in total. The van der Waals surface area contributed by atoms with Crippen LogP contribution in [0.15, 0.2) is 18.3 Å². The number of piperidine rings is 1. The Morgan fingerprint density at radius 2 is 1.94 bits per heavy atom. The van der Waals surface area contributed by atoms with E-state index in [1.807, 2.05) is 6.07 Å². The van der Waals surface area contributed by atoms with E-state index in [0.29, 0.717) is 11.1 Å². The minimum atomic E-state index is -4.84. The molecule has 35 heavy (non-hydrogen) atoms. The molecule has 1 aliphatic heterocycles. The molecule has 3 fully saturated rings. The van der Waals surface area contributed by atoms with Gasteiger partial charge >= 0.3 is 6.18 Å². The number of aryl methyl sites for hydroxylation is 1. The molecule has 6 nitrogen and oxygen atoms in total. The lowest BCUT2D eigenvalue weighted by molar-refractivity contribution is -0.137. The number of nitrogens with zero attached hydrogens (tertiary/aromatic N) is 4. The highest BCUT2D eigenvalue weighted by molar-refractivity contribution is 6.32. The van der Waals surface area contributed by atoms with Gasteiger partial charge in [-0.05, 0) is 56.3 Å². The molecular weight excluding hydrogens is 484 g/mol. The number of nitriles is 1. The molecule has 6 rings (SSSR count). The SMILES string of the molecule is C1NCC2CC12.N#CCCc1nc(-c2cc(N)cc(Cl)c2C(F)(F)F)c(F)c2c1cnn2C1CC1. The van der Waals surface area contributed by atoms with Gasteiger partial charge in [-0.1, -0.05) is 11.6 Å². The van der Waals surface area contributed by atoms with Crippen molar-refractivity contribution >= 4 is 28.2 Å². The largest absolute Gasteiger partial charge is 0.418 e. The highest BCUT2D eigenvalue weighted by Crippen LogP contribution is 2.45. The molecule has 1 saturated heterocycles. The molecule has 0 bridgehead atoms. The molecule has 2 atom stereocenters. The van der Waals surface area contributed by atoms with Crippen molar-refractivity contribution in [3.63, 3.8) is 0 Å². The fourth-order valence-corrected chi connectivity index (χ4v) is 4.99. The van der Waals surface area contributed by atoms with Crippen LogP contribution in [0.25, 0.3) is 22.2 Å². The van der Waals surface area contributed by atoms with Crippen molar-refractivity contribution in [2.24, 2.45) is 11.8 Å². The third-order valence-corrected chi connectivity index (χ3v) is 6.97. The van der Waals surface area contributed by atoms with E-state index in [2.05, 4.69) is 15.4 Å². The van der Waals surface area contributed by atoms with Gasteiger partial charge in [0.15, 0.2) is 5.82 Å². The first kappa shape index (κ1) is 23.8. The molecule has 3 aliphatic rings. The van der Waals surface area contributed by atoms with E-state index in [1.54, 1.807) is 0 Å². The Labute approximate surface area is 204 Å². The summed E-state index contributed by atoms with van der Waals surface area (Å²) in [6.45, 7) is 2.62. The number of rotatable bonds is 4. The molecule has 2 unspecified atom stereocenters. The average Bonchev–Trinajstić information content (AvgIpc) is 3.69. The summed E-state index contributed by atoms with van der Waals surface area (Å²) in [6.07, 6.45) is -0.0464. The Kier molecular flexibility index (Phi) is 6.09. The molecule has 0 spiro atoms. The number of aromatic nitrogens is 3. The van der Waals surface area contributed by atoms with Crippen LogP contribution in [0, 0.1) is 29.0 Å². The maximum absolute atomic E-state index is 15.5. The van der Waals surface area contributed by atoms with Gasteiger partial charge < -0.3 is 11.1 Å². The summed E-state index contributed by atoms with van der Waals surface area (Å²) >= 11 is 5.82. The summed E-state index contributed by atoms with van der Waals surface area (Å²) in [6, 6.07) is 3.94. The number of pyridine rings is 1. The van der Waals surface area contributed by atoms with E-state index >= 15 is 4.39 Å². The number of benzene rings is 1. The summed E-state index contributed by atoms with van der Waals surface area (Å²) in [5.74, 6) is 1.28. The fraction of sp³-hybridized carbons (Fsp3) is 0.458. The van der Waals surface area contributed by atoms with Gasteiger partial charge in [0.25, 0.3) is 0 Å². The maximum Gasteiger partial charge on any atom is 0.418 e. The molecular formula is C24H23ClF4N6. The van der Waals surface area contributed by atoms with Gasteiger partial charge in [-0.15, -0.1) is 0 Å². The zero-order chi connectivity index (χ0) is 24.9. The number of hydrogen-bond donors (Lipinski definition) is 2. The molecule has 3 heterocycles. The second kappa shape index (κ2) is 8.95. The predicted molar refractivity (Wildman–Crippen MR) is 124 cm³/mol. The van der Waals surface area contributed by atoms with Gasteiger partial charge in [-0.2, -0.15) is 23.5 Å². The van der Waals surface area contributed by atoms with E-state index in [4.69, 9.17) is 22.6 Å². The van der Waals surface area contributed by atoms with Crippen LogP contribution < -0.4 is 11.1 Å². The Bertz CT molecular complexity index is 1320. The van der Waals surface area contributed by atoms with E-state index in [1.165, 1.54) is 30.4 Å². The molecule has 3 aromatic rings. The van der Waals surface area contributed by atoms with Crippen LogP contribution in [0.1, 0.15) is 43.0 Å². The minimum absolute atomic E-state index is 0.00687. The highest BCUT2D eigenvalue weighted by atomic mass is 35.5. The van der Waals surface area contributed by atoms with Crippen molar-refractivity contribution in [2.45, 2.75) is 44.3 Å². The second-order valence-electron chi connectivity index (χ2n) is 9.30. The van der Waals surface area contributed by atoms with E-state index in [-0.39, 0.29) is 30.1 Å². The standard InChI is InChI=1S/C19H14ClF4N5.C5H9N/c20-13-7-9(26)6-11(15(13)19(22,23)24)17-16(21)18-12(14(28-17)2-1-5-25)8-27-29(18)10-3-4-10;1-4-2-6-3-5(1)4/h6-8,10H,1-4,26H2;4-6H,1-3H2. The number of nitrogen functional groups attached to an aromatic ring is 1. The van der Waals surface area contributed by atoms with Crippen molar-refractivity contribution < 1.29 is 17.6 Å². The number of hydrogen-bond acceptors (Lipinski definition) is 5. The summed E-state index contributed by atoms with van der Waals surface area (Å²) in [7, 11) is 0. The Balaban J connectivity index is 0.000000362. The van der Waals surface area contributed by atoms with E-state index in [9.17, 15) is 13.2 Å². The van der Waals surface area contributed by atoms with Gasteiger partial charge in [0.1, 0.15) is 11.2 Å². The van der Waals surface area contributed by atoms with E-state index in [0.717, 1.165) is 36.8 Å². The molecule has 2 aromatic heterocycles. The summed E-state index contributed by atoms with van der Waals surface area (Å²) in [5.41, 5.74) is 3.78. The Morgan fingerprint density at radius 3 is 2.49 bits per heavy atom. The summed E-state index contributed by atoms with van der Waals surface area (Å²) in [5, 5.41) is 16.2. The van der Waals surface area contributed by atoms with Gasteiger partial charge in [0.2, 0.25) is 0 Å². The van der Waals surface area contributed by atoms with Gasteiger partial charge in [0.05, 0.1) is 34.6 Å². The molecule has 2 saturated carbocycles. The van der Waals surface area contributed by atoms with Gasteiger partial charge in [-0.3, -0.25) is 4.68 Å². The number of halogens is 5. The first-order chi connectivity index (χ1) is 16.7. The summed E-state index contributed by atoms with van der Waals surface area (Å²) < 4.78 is 58.1. The van der Waals surface area contributed by atoms with E-state index < -0.39 is 33.8 Å². The normalized spacial score (nSPS) is 20.8. The first-order valence-electron chi connectivity index (χ1n) is 11.5. The topological polar surface area (TPSA) is 92.6 Å². The molecule has 0 amide bonds. The molecule has 1 aromatic carbocycles. The van der Waals surface area contributed by atoms with Gasteiger partial charge in [0, 0.05) is 29.5 Å². The number of alkyl halides is 3. The van der Waals surface area contributed by atoms with Crippen LogP contribution in [0.4, 0.5) is 23.2 Å². The zero-order valence-electron chi connectivity index (χ0n) is 18.7. The summed E-state index contributed by atoms with van der Waals surface area (Å²) in [4.78, 5) is 4.16. The number of nitrogens with one attached hydrogen (secondary N) is 1. The fourth-order valence-electron chi connectivity index (χ4n) is 4.65. The molecule has 2 aliphatic carbocycles. The third-order valence-electron chi connectivity index (χ3n) is 6.67. The Morgan fingerprint density at radius 1 is 1.23 bits per heavy atom. The van der Waals surface area contributed by atoms with Crippen LogP contribution in [0.2, 0.25) is 5.02 Å². The number of nitrogens with two attached hydrogens (primary N) is 1. The number of fused-ring (bicyclic) bond motifs is 2. The average molecular weight is 507 g/mol. The first-order valence-corrected chi connectivity index (χ1v) is 11.9. The maximum atomic E-state index is 15.5. The molecule has 184 valence electrons. The Hall–Kier alpha value is -2.90. The quantitative estimate of drug-likeness (QED) is 0.359. The third kappa shape index (κ3) is 4.67. The minimum Gasteiger partial charge on any atom is -0.399 e. The van der Waals surface area contributed by atoms with Crippen molar-refractivity contribution in [2.75, 3.05) is 18.8 Å². The monoisotopic (exact) mass is 506 g/mol. The van der Waals surface area contributed by atoms with Gasteiger partial charge in [-0.25, -0.2) is 9.37 Å². The van der Waals surface area contributed by atoms with Crippen molar-refractivity contribution in [1.82, 2.24) is 20.1 Å². The van der Waals surface area contributed by atoms with Crippen LogP contribution in [0.3, 0.4) is 0 Å². The number of anilines is 1.